The van der Waals surface area contributed by atoms with Crippen LogP contribution in [0.15, 0.2) is 12.3 Å². The molecule has 2 heterocycles. The third-order valence-corrected chi connectivity index (χ3v) is 8.54. The first-order chi connectivity index (χ1) is 16.3. The minimum atomic E-state index is -0.613. The summed E-state index contributed by atoms with van der Waals surface area (Å²) in [5.41, 5.74) is 3.22. The first-order valence-electron chi connectivity index (χ1n) is 12.5. The second kappa shape index (κ2) is 7.99. The number of Topliss-reactive ketones (excluding diaryl/α,β-unsaturated/α-hetero) is 1. The Morgan fingerprint density at radius 1 is 1.29 bits per heavy atom. The second-order valence-electron chi connectivity index (χ2n) is 10.9. The van der Waals surface area contributed by atoms with E-state index in [2.05, 4.69) is 27.1 Å². The van der Waals surface area contributed by atoms with Gasteiger partial charge in [-0.25, -0.2) is 0 Å². The van der Waals surface area contributed by atoms with Gasteiger partial charge in [-0.3, -0.25) is 19.3 Å². The number of methoxy groups -OCH3 is 1. The van der Waals surface area contributed by atoms with Crippen LogP contribution in [0.3, 0.4) is 0 Å². The maximum absolute atomic E-state index is 12.8. The van der Waals surface area contributed by atoms with E-state index in [4.69, 9.17) is 9.84 Å². The fourth-order valence-electron chi connectivity index (χ4n) is 7.22. The number of carbonyl (C=O) groups excluding carboxylic acids is 2. The molecule has 8 heteroatoms. The molecule has 34 heavy (non-hydrogen) atoms. The van der Waals surface area contributed by atoms with Gasteiger partial charge in [0.1, 0.15) is 0 Å². The molecule has 2 aromatic rings. The molecule has 0 saturated heterocycles. The summed E-state index contributed by atoms with van der Waals surface area (Å²) in [5.74, 6) is 0.252. The van der Waals surface area contributed by atoms with Crippen LogP contribution in [0.2, 0.25) is 0 Å². The van der Waals surface area contributed by atoms with Crippen molar-refractivity contribution in [1.82, 2.24) is 20.1 Å². The highest BCUT2D eigenvalue weighted by molar-refractivity contribution is 6.36. The Labute approximate surface area is 198 Å². The highest BCUT2D eigenvalue weighted by atomic mass is 16.5. The number of hydrogen-bond donors (Lipinski definition) is 2. The van der Waals surface area contributed by atoms with Gasteiger partial charge < -0.3 is 15.2 Å². The van der Waals surface area contributed by atoms with Crippen LogP contribution >= 0.6 is 0 Å². The minimum absolute atomic E-state index is 0.0600. The molecular weight excluding hydrogens is 432 g/mol. The summed E-state index contributed by atoms with van der Waals surface area (Å²) in [4.78, 5) is 29.9. The van der Waals surface area contributed by atoms with Gasteiger partial charge in [0.25, 0.3) is 5.91 Å². The van der Waals surface area contributed by atoms with E-state index in [-0.39, 0.29) is 25.1 Å². The van der Waals surface area contributed by atoms with Gasteiger partial charge in [-0.15, -0.1) is 0 Å². The normalized spacial score (nSPS) is 31.7. The number of fused-ring (bicyclic) bond motifs is 3. The fourth-order valence-corrected chi connectivity index (χ4v) is 7.22. The van der Waals surface area contributed by atoms with E-state index in [0.717, 1.165) is 60.7 Å². The predicted molar refractivity (Wildman–Crippen MR) is 126 cm³/mol. The van der Waals surface area contributed by atoms with Gasteiger partial charge in [0.2, 0.25) is 5.78 Å². The first-order valence-corrected chi connectivity index (χ1v) is 12.5. The lowest BCUT2D eigenvalue weighted by molar-refractivity contribution is -0.148. The standard InChI is InChI=1S/C26H32N4O4/c1-14(34-2)12-28-25(32)22(31)8-21-19-13-27-20-5-3-4-18(20)24(19)30(29-21)23-16-6-15-7-17(23)11-26(33,9-15)10-16/h3-4,13-17,23,33H,5-12H2,1-2H3,(H,28,32)/t14?,15?,16-,17+,23?,26?. The van der Waals surface area contributed by atoms with Crippen molar-refractivity contribution in [3.63, 3.8) is 0 Å². The zero-order valence-corrected chi connectivity index (χ0v) is 19.8. The predicted octanol–water partition coefficient (Wildman–Crippen LogP) is 2.38. The fraction of sp³-hybridized carbons (Fsp3) is 0.615. The largest absolute Gasteiger partial charge is 0.390 e. The molecule has 5 aliphatic rings. The summed E-state index contributed by atoms with van der Waals surface area (Å²) in [5, 5.41) is 19.6. The van der Waals surface area contributed by atoms with Crippen LogP contribution in [0.4, 0.5) is 0 Å². The number of rotatable bonds is 7. The molecule has 4 unspecified atom stereocenters. The number of nitrogens with one attached hydrogen (secondary N) is 1. The average molecular weight is 465 g/mol. The van der Waals surface area contributed by atoms with Crippen molar-refractivity contribution in [1.29, 1.82) is 0 Å². The van der Waals surface area contributed by atoms with E-state index in [1.54, 1.807) is 7.11 Å². The SMILES string of the molecule is COC(C)CNC(=O)C(=O)Cc1nn(C2[C@@H]3CC4C[C@H]2CC(O)(C4)C3)c2c3c(ncc12)CC=C3. The van der Waals surface area contributed by atoms with Gasteiger partial charge in [0.05, 0.1) is 41.1 Å². The van der Waals surface area contributed by atoms with Crippen LogP contribution < -0.4 is 5.32 Å². The Bertz CT molecular complexity index is 1190. The van der Waals surface area contributed by atoms with Crippen molar-refractivity contribution in [3.05, 3.63) is 29.2 Å². The number of aliphatic hydroxyl groups is 1. The Kier molecular flexibility index (Phi) is 5.15. The maximum atomic E-state index is 12.8. The van der Waals surface area contributed by atoms with Gasteiger partial charge in [-0.1, -0.05) is 12.2 Å². The smallest absolute Gasteiger partial charge is 0.287 e. The van der Waals surface area contributed by atoms with Crippen molar-refractivity contribution in [2.45, 2.75) is 69.6 Å². The highest BCUT2D eigenvalue weighted by Gasteiger charge is 2.56. The Balaban J connectivity index is 1.36. The highest BCUT2D eigenvalue weighted by Crippen LogP contribution is 2.60. The molecule has 2 N–H and O–H groups in total. The molecule has 5 aliphatic carbocycles. The number of ether oxygens (including phenoxy) is 1. The first kappa shape index (κ1) is 21.9. The Morgan fingerprint density at radius 3 is 2.76 bits per heavy atom. The van der Waals surface area contributed by atoms with Crippen molar-refractivity contribution in [2.75, 3.05) is 13.7 Å². The molecule has 7 rings (SSSR count). The number of ketones is 1. The number of allylic oxidation sites excluding steroid dienone is 1. The van der Waals surface area contributed by atoms with Crippen LogP contribution in [-0.4, -0.2) is 56.9 Å². The monoisotopic (exact) mass is 464 g/mol. The van der Waals surface area contributed by atoms with E-state index in [1.807, 2.05) is 13.1 Å². The molecule has 2 aromatic heterocycles. The van der Waals surface area contributed by atoms with Crippen molar-refractivity contribution >= 4 is 28.7 Å². The summed E-state index contributed by atoms with van der Waals surface area (Å²) in [7, 11) is 1.57. The van der Waals surface area contributed by atoms with E-state index in [1.165, 1.54) is 0 Å². The molecule has 0 aromatic carbocycles. The second-order valence-corrected chi connectivity index (χ2v) is 10.9. The molecule has 8 nitrogen and oxygen atoms in total. The van der Waals surface area contributed by atoms with E-state index < -0.39 is 17.3 Å². The van der Waals surface area contributed by atoms with E-state index >= 15 is 0 Å². The van der Waals surface area contributed by atoms with Crippen LogP contribution in [0.1, 0.15) is 62.0 Å². The van der Waals surface area contributed by atoms with Crippen molar-refractivity contribution in [3.8, 4) is 0 Å². The number of carbonyl (C=O) groups is 2. The molecule has 4 saturated carbocycles. The van der Waals surface area contributed by atoms with Crippen LogP contribution in [0.25, 0.3) is 17.0 Å². The lowest BCUT2D eigenvalue weighted by atomic mass is 9.52. The molecular formula is C26H32N4O4. The van der Waals surface area contributed by atoms with Crippen LogP contribution in [-0.2, 0) is 27.2 Å². The quantitative estimate of drug-likeness (QED) is 0.610. The van der Waals surface area contributed by atoms with Crippen molar-refractivity contribution in [2.24, 2.45) is 17.8 Å². The molecule has 180 valence electrons. The zero-order chi connectivity index (χ0) is 23.6. The summed E-state index contributed by atoms with van der Waals surface area (Å²) in [6.45, 7) is 2.12. The molecule has 4 fully saturated rings. The van der Waals surface area contributed by atoms with Gasteiger partial charge >= 0.3 is 0 Å². The Hall–Kier alpha value is -2.58. The number of amides is 1. The van der Waals surface area contributed by atoms with Crippen molar-refractivity contribution < 1.29 is 19.4 Å². The maximum Gasteiger partial charge on any atom is 0.287 e. The topological polar surface area (TPSA) is 106 Å². The number of pyridine rings is 1. The number of hydrogen-bond acceptors (Lipinski definition) is 6. The summed E-state index contributed by atoms with van der Waals surface area (Å²) < 4.78 is 7.30. The number of aromatic nitrogens is 3. The summed E-state index contributed by atoms with van der Waals surface area (Å²) in [6.07, 6.45) is 11.5. The molecule has 1 amide bonds. The molecule has 6 atom stereocenters. The molecule has 0 radical (unpaired) electrons. The Morgan fingerprint density at radius 2 is 2.06 bits per heavy atom. The summed E-state index contributed by atoms with van der Waals surface area (Å²) in [6, 6.07) is 0.208. The third kappa shape index (κ3) is 3.50. The summed E-state index contributed by atoms with van der Waals surface area (Å²) >= 11 is 0. The molecule has 0 aliphatic heterocycles. The lowest BCUT2D eigenvalue weighted by Crippen LogP contribution is -2.55. The average Bonchev–Trinajstić information content (AvgIpc) is 3.40. The number of nitrogens with zero attached hydrogens (tertiary/aromatic N) is 3. The van der Waals surface area contributed by atoms with Crippen LogP contribution in [0.5, 0.6) is 0 Å². The lowest BCUT2D eigenvalue weighted by Gasteiger charge is -2.58. The van der Waals surface area contributed by atoms with E-state index in [0.29, 0.717) is 23.4 Å². The molecule has 4 bridgehead atoms. The zero-order valence-electron chi connectivity index (χ0n) is 19.8. The molecule has 0 spiro atoms. The minimum Gasteiger partial charge on any atom is -0.390 e. The van der Waals surface area contributed by atoms with E-state index in [9.17, 15) is 14.7 Å². The van der Waals surface area contributed by atoms with Crippen LogP contribution in [0, 0.1) is 17.8 Å². The van der Waals surface area contributed by atoms with Gasteiger partial charge in [0.15, 0.2) is 0 Å². The third-order valence-electron chi connectivity index (χ3n) is 8.54. The van der Waals surface area contributed by atoms with Gasteiger partial charge in [-0.2, -0.15) is 5.10 Å². The van der Waals surface area contributed by atoms with Gasteiger partial charge in [-0.05, 0) is 56.8 Å². The van der Waals surface area contributed by atoms with Gasteiger partial charge in [0, 0.05) is 37.2 Å².